The molecule has 30 heavy (non-hydrogen) atoms. The number of nitrogens with one attached hydrogen (secondary N) is 1. The number of hydrogen-bond donors (Lipinski definition) is 1. The summed E-state index contributed by atoms with van der Waals surface area (Å²) >= 11 is 0. The van der Waals surface area contributed by atoms with Gasteiger partial charge in [-0.1, -0.05) is 25.5 Å². The zero-order valence-electron chi connectivity index (χ0n) is 19.1. The molecule has 1 aromatic heterocycles. The minimum Gasteiger partial charge on any atom is -0.421 e. The van der Waals surface area contributed by atoms with Gasteiger partial charge in [-0.15, -0.1) is 10.2 Å². The highest BCUT2D eigenvalue weighted by molar-refractivity contribution is 5.58. The van der Waals surface area contributed by atoms with E-state index in [0.29, 0.717) is 29.6 Å². The molecule has 0 bridgehead atoms. The Morgan fingerprint density at radius 3 is 2.50 bits per heavy atom. The Kier molecular flexibility index (Phi) is 6.28. The van der Waals surface area contributed by atoms with Crippen LogP contribution in [0.3, 0.4) is 0 Å². The Bertz CT molecular complexity index is 864. The van der Waals surface area contributed by atoms with E-state index in [2.05, 4.69) is 59.4 Å². The lowest BCUT2D eigenvalue weighted by Gasteiger charge is -2.37. The van der Waals surface area contributed by atoms with Gasteiger partial charge in [-0.25, -0.2) is 0 Å². The molecule has 1 N–H and O–H groups in total. The molecule has 2 aliphatic carbocycles. The molecule has 2 aliphatic rings. The second kappa shape index (κ2) is 8.93. The molecule has 1 heterocycles. The van der Waals surface area contributed by atoms with Gasteiger partial charge in [0, 0.05) is 44.4 Å². The number of nitrogens with zero attached hydrogens (tertiary/aromatic N) is 3. The van der Waals surface area contributed by atoms with Gasteiger partial charge in [-0.2, -0.15) is 0 Å². The minimum absolute atomic E-state index is 0.485. The van der Waals surface area contributed by atoms with Gasteiger partial charge in [0.1, 0.15) is 0 Å². The molecular weight excluding hydrogens is 372 g/mol. The Hall–Kier alpha value is -2.14. The van der Waals surface area contributed by atoms with Crippen molar-refractivity contribution in [2.24, 2.45) is 23.7 Å². The fourth-order valence-corrected chi connectivity index (χ4v) is 4.66. The molecule has 1 aromatic carbocycles. The summed E-state index contributed by atoms with van der Waals surface area (Å²) in [5, 5.41) is 12.4. The van der Waals surface area contributed by atoms with E-state index in [1.165, 1.54) is 24.8 Å². The third-order valence-corrected chi connectivity index (χ3v) is 6.82. The normalized spacial score (nSPS) is 24.2. The van der Waals surface area contributed by atoms with Crippen LogP contribution < -0.4 is 10.2 Å². The van der Waals surface area contributed by atoms with E-state index in [-0.39, 0.29) is 0 Å². The van der Waals surface area contributed by atoms with Crippen LogP contribution >= 0.6 is 0 Å². The number of rotatable bonds is 8. The molecule has 3 unspecified atom stereocenters. The van der Waals surface area contributed by atoms with Crippen molar-refractivity contribution in [1.82, 2.24) is 15.5 Å². The van der Waals surface area contributed by atoms with Gasteiger partial charge in [0.2, 0.25) is 11.8 Å². The maximum absolute atomic E-state index is 6.06. The largest absolute Gasteiger partial charge is 0.421 e. The Morgan fingerprint density at radius 2 is 1.87 bits per heavy atom. The second-order valence-electron chi connectivity index (χ2n) is 9.74. The van der Waals surface area contributed by atoms with Crippen LogP contribution in [-0.4, -0.2) is 36.9 Å². The summed E-state index contributed by atoms with van der Waals surface area (Å²) < 4.78 is 6.06. The van der Waals surface area contributed by atoms with Crippen LogP contribution in [0.4, 0.5) is 5.69 Å². The third kappa shape index (κ3) is 4.94. The maximum Gasteiger partial charge on any atom is 0.247 e. The summed E-state index contributed by atoms with van der Waals surface area (Å²) in [5.41, 5.74) is 3.61. The molecule has 4 rings (SSSR count). The summed E-state index contributed by atoms with van der Waals surface area (Å²) in [4.78, 5) is 2.08. The van der Waals surface area contributed by atoms with E-state index >= 15 is 0 Å². The molecule has 0 amide bonds. The van der Waals surface area contributed by atoms with E-state index in [1.807, 2.05) is 26.2 Å². The quantitative estimate of drug-likeness (QED) is 0.626. The predicted octanol–water partition coefficient (Wildman–Crippen LogP) is 4.95. The lowest BCUT2D eigenvalue weighted by Crippen LogP contribution is -2.35. The van der Waals surface area contributed by atoms with Gasteiger partial charge in [-0.05, 0) is 74.1 Å². The van der Waals surface area contributed by atoms with Crippen LogP contribution in [0.1, 0.15) is 45.9 Å². The van der Waals surface area contributed by atoms with Crippen molar-refractivity contribution in [2.45, 2.75) is 52.5 Å². The molecule has 5 nitrogen and oxygen atoms in total. The SMILES string of the molecule is CC1=CC(CNC2CC2)C(C(C)C)CC1Cc1nnc(-c2ccc(N(C)C)cc2)o1. The van der Waals surface area contributed by atoms with Crippen LogP contribution in [0.25, 0.3) is 11.5 Å². The van der Waals surface area contributed by atoms with E-state index in [4.69, 9.17) is 4.42 Å². The van der Waals surface area contributed by atoms with E-state index in [1.54, 1.807) is 0 Å². The molecular formula is C25H36N4O. The van der Waals surface area contributed by atoms with Crippen molar-refractivity contribution in [1.29, 1.82) is 0 Å². The lowest BCUT2D eigenvalue weighted by molar-refractivity contribution is 0.218. The van der Waals surface area contributed by atoms with Crippen molar-refractivity contribution < 1.29 is 4.42 Å². The van der Waals surface area contributed by atoms with Crippen LogP contribution in [-0.2, 0) is 6.42 Å². The summed E-state index contributed by atoms with van der Waals surface area (Å²) in [6.45, 7) is 8.12. The number of hydrogen-bond acceptors (Lipinski definition) is 5. The third-order valence-electron chi connectivity index (χ3n) is 6.82. The van der Waals surface area contributed by atoms with Gasteiger partial charge in [0.15, 0.2) is 0 Å². The predicted molar refractivity (Wildman–Crippen MR) is 122 cm³/mol. The fraction of sp³-hybridized carbons (Fsp3) is 0.600. The molecule has 2 aromatic rings. The number of allylic oxidation sites excluding steroid dienone is 1. The highest BCUT2D eigenvalue weighted by atomic mass is 16.4. The van der Waals surface area contributed by atoms with E-state index < -0.39 is 0 Å². The second-order valence-corrected chi connectivity index (χ2v) is 9.74. The monoisotopic (exact) mass is 408 g/mol. The highest BCUT2D eigenvalue weighted by Gasteiger charge is 2.33. The molecule has 162 valence electrons. The van der Waals surface area contributed by atoms with Crippen molar-refractivity contribution in [3.8, 4) is 11.5 Å². The fourth-order valence-electron chi connectivity index (χ4n) is 4.66. The lowest BCUT2D eigenvalue weighted by atomic mass is 9.70. The van der Waals surface area contributed by atoms with Crippen molar-refractivity contribution in [2.75, 3.05) is 25.5 Å². The van der Waals surface area contributed by atoms with Crippen molar-refractivity contribution >= 4 is 5.69 Å². The number of anilines is 1. The van der Waals surface area contributed by atoms with Gasteiger partial charge in [0.05, 0.1) is 0 Å². The molecule has 0 aliphatic heterocycles. The Morgan fingerprint density at radius 1 is 1.13 bits per heavy atom. The molecule has 5 heteroatoms. The Labute approximate surface area is 181 Å². The molecule has 3 atom stereocenters. The van der Waals surface area contributed by atoms with Crippen LogP contribution in [0, 0.1) is 23.7 Å². The molecule has 1 saturated carbocycles. The van der Waals surface area contributed by atoms with Gasteiger partial charge < -0.3 is 14.6 Å². The molecule has 0 saturated heterocycles. The summed E-state index contributed by atoms with van der Waals surface area (Å²) in [7, 11) is 4.08. The van der Waals surface area contributed by atoms with Gasteiger partial charge in [0.25, 0.3) is 0 Å². The number of aromatic nitrogens is 2. The van der Waals surface area contributed by atoms with Crippen LogP contribution in [0.5, 0.6) is 0 Å². The van der Waals surface area contributed by atoms with Crippen molar-refractivity contribution in [3.05, 3.63) is 41.8 Å². The maximum atomic E-state index is 6.06. The number of benzene rings is 1. The van der Waals surface area contributed by atoms with E-state index in [0.717, 1.165) is 36.1 Å². The zero-order chi connectivity index (χ0) is 21.3. The minimum atomic E-state index is 0.485. The van der Waals surface area contributed by atoms with Crippen LogP contribution in [0.2, 0.25) is 0 Å². The summed E-state index contributed by atoms with van der Waals surface area (Å²) in [6.07, 6.45) is 7.25. The summed E-state index contributed by atoms with van der Waals surface area (Å²) in [5.74, 6) is 3.85. The molecule has 0 radical (unpaired) electrons. The first-order valence-electron chi connectivity index (χ1n) is 11.4. The highest BCUT2D eigenvalue weighted by Crippen LogP contribution is 2.39. The van der Waals surface area contributed by atoms with Crippen molar-refractivity contribution in [3.63, 3.8) is 0 Å². The van der Waals surface area contributed by atoms with E-state index in [9.17, 15) is 0 Å². The average Bonchev–Trinajstić information content (AvgIpc) is 3.44. The first-order valence-corrected chi connectivity index (χ1v) is 11.4. The Balaban J connectivity index is 1.44. The zero-order valence-corrected chi connectivity index (χ0v) is 19.1. The first-order chi connectivity index (χ1) is 14.4. The standard InChI is InChI=1S/C25H36N4O/c1-16(2)23-13-19(17(3)12-20(23)15-26-21-8-9-21)14-24-27-28-25(30-24)18-6-10-22(11-7-18)29(4)5/h6-7,10-12,16,19-21,23,26H,8-9,13-15H2,1-5H3. The smallest absolute Gasteiger partial charge is 0.247 e. The topological polar surface area (TPSA) is 54.2 Å². The average molecular weight is 409 g/mol. The molecule has 1 fully saturated rings. The van der Waals surface area contributed by atoms with Crippen LogP contribution in [0.15, 0.2) is 40.3 Å². The molecule has 0 spiro atoms. The first kappa shape index (κ1) is 21.1. The summed E-state index contributed by atoms with van der Waals surface area (Å²) in [6, 6.07) is 9.02. The van der Waals surface area contributed by atoms with Gasteiger partial charge >= 0.3 is 0 Å². The van der Waals surface area contributed by atoms with Gasteiger partial charge in [-0.3, -0.25) is 0 Å².